The van der Waals surface area contributed by atoms with Crippen LogP contribution in [0.15, 0.2) is 0 Å². The summed E-state index contributed by atoms with van der Waals surface area (Å²) in [5, 5.41) is 9.24. The van der Waals surface area contributed by atoms with Crippen molar-refractivity contribution in [3.05, 3.63) is 0 Å². The van der Waals surface area contributed by atoms with Crippen molar-refractivity contribution in [2.45, 2.75) is 65.4 Å². The van der Waals surface area contributed by atoms with E-state index >= 15 is 0 Å². The maximum atomic E-state index is 9.24. The Balaban J connectivity index is 1.91. The largest absolute Gasteiger partial charge is 0.377 e. The molecule has 1 saturated heterocycles. The number of ether oxygens (including phenoxy) is 1. The molecule has 2 nitrogen and oxygen atoms in total. The fourth-order valence-corrected chi connectivity index (χ4v) is 3.72. The van der Waals surface area contributed by atoms with Crippen molar-refractivity contribution >= 4 is 0 Å². The standard InChI is InChI=1S/C16H27NO/c1-16(2,3)14-8-6-12(7-9-14)15-13(11-17)5-4-10-18-15/h12-15H,4-10H2,1-3H3. The molecule has 1 saturated carbocycles. The van der Waals surface area contributed by atoms with Crippen molar-refractivity contribution in [2.24, 2.45) is 23.2 Å². The first-order chi connectivity index (χ1) is 8.52. The second-order valence-corrected chi connectivity index (χ2v) is 7.19. The molecule has 0 aromatic rings. The summed E-state index contributed by atoms with van der Waals surface area (Å²) in [5.41, 5.74) is 0.438. The highest BCUT2D eigenvalue weighted by atomic mass is 16.5. The SMILES string of the molecule is CC(C)(C)C1CCC(C2OCCCC2C#N)CC1. The summed E-state index contributed by atoms with van der Waals surface area (Å²) in [6.07, 6.45) is 7.46. The Morgan fingerprint density at radius 2 is 1.72 bits per heavy atom. The first-order valence-corrected chi connectivity index (χ1v) is 7.53. The van der Waals surface area contributed by atoms with Crippen LogP contribution in [0.1, 0.15) is 59.3 Å². The summed E-state index contributed by atoms with van der Waals surface area (Å²) in [6.45, 7) is 7.93. The van der Waals surface area contributed by atoms with Gasteiger partial charge in [-0.3, -0.25) is 0 Å². The molecule has 2 atom stereocenters. The molecule has 0 radical (unpaired) electrons. The lowest BCUT2D eigenvalue weighted by molar-refractivity contribution is -0.0600. The van der Waals surface area contributed by atoms with E-state index in [1.165, 1.54) is 25.7 Å². The first-order valence-electron chi connectivity index (χ1n) is 7.53. The highest BCUT2D eigenvalue weighted by Crippen LogP contribution is 2.43. The van der Waals surface area contributed by atoms with Crippen LogP contribution >= 0.6 is 0 Å². The lowest BCUT2D eigenvalue weighted by Gasteiger charge is -2.41. The number of hydrogen-bond donors (Lipinski definition) is 0. The van der Waals surface area contributed by atoms with E-state index in [4.69, 9.17) is 4.74 Å². The van der Waals surface area contributed by atoms with Crippen LogP contribution in [0, 0.1) is 34.5 Å². The first kappa shape index (κ1) is 13.9. The van der Waals surface area contributed by atoms with E-state index in [9.17, 15) is 5.26 Å². The van der Waals surface area contributed by atoms with E-state index in [1.54, 1.807) is 0 Å². The van der Waals surface area contributed by atoms with Crippen LogP contribution in [0.25, 0.3) is 0 Å². The molecule has 2 unspecified atom stereocenters. The highest BCUT2D eigenvalue weighted by molar-refractivity contribution is 4.95. The van der Waals surface area contributed by atoms with Gasteiger partial charge in [0.05, 0.1) is 18.1 Å². The summed E-state index contributed by atoms with van der Waals surface area (Å²) >= 11 is 0. The van der Waals surface area contributed by atoms with Gasteiger partial charge in [0, 0.05) is 6.61 Å². The average Bonchev–Trinajstić information content (AvgIpc) is 2.38. The Hall–Kier alpha value is -0.550. The van der Waals surface area contributed by atoms with Gasteiger partial charge < -0.3 is 4.74 Å². The predicted octanol–water partition coefficient (Wildman–Crippen LogP) is 4.16. The van der Waals surface area contributed by atoms with Crippen LogP contribution in [0.5, 0.6) is 0 Å². The summed E-state index contributed by atoms with van der Waals surface area (Å²) in [4.78, 5) is 0. The smallest absolute Gasteiger partial charge is 0.0761 e. The highest BCUT2D eigenvalue weighted by Gasteiger charge is 2.37. The van der Waals surface area contributed by atoms with Crippen molar-refractivity contribution in [3.63, 3.8) is 0 Å². The third-order valence-corrected chi connectivity index (χ3v) is 4.99. The molecule has 1 heterocycles. The Morgan fingerprint density at radius 1 is 1.06 bits per heavy atom. The molecule has 0 N–H and O–H groups in total. The monoisotopic (exact) mass is 249 g/mol. The summed E-state index contributed by atoms with van der Waals surface area (Å²) in [7, 11) is 0. The third-order valence-electron chi connectivity index (χ3n) is 4.99. The van der Waals surface area contributed by atoms with Crippen LogP contribution in [-0.4, -0.2) is 12.7 Å². The topological polar surface area (TPSA) is 33.0 Å². The van der Waals surface area contributed by atoms with Crippen molar-refractivity contribution in [3.8, 4) is 6.07 Å². The lowest BCUT2D eigenvalue weighted by Crippen LogP contribution is -2.38. The van der Waals surface area contributed by atoms with Crippen molar-refractivity contribution in [1.82, 2.24) is 0 Å². The fourth-order valence-electron chi connectivity index (χ4n) is 3.72. The van der Waals surface area contributed by atoms with Crippen LogP contribution in [-0.2, 0) is 4.74 Å². The second-order valence-electron chi connectivity index (χ2n) is 7.19. The van der Waals surface area contributed by atoms with Crippen molar-refractivity contribution in [1.29, 1.82) is 5.26 Å². The minimum atomic E-state index is 0.148. The van der Waals surface area contributed by atoms with Crippen LogP contribution in [0.3, 0.4) is 0 Å². The van der Waals surface area contributed by atoms with Gasteiger partial charge in [-0.15, -0.1) is 0 Å². The second kappa shape index (κ2) is 5.61. The van der Waals surface area contributed by atoms with Crippen molar-refractivity contribution < 1.29 is 4.74 Å². The van der Waals surface area contributed by atoms with E-state index in [0.717, 1.165) is 25.4 Å². The van der Waals surface area contributed by atoms with Crippen LogP contribution in [0.2, 0.25) is 0 Å². The number of hydrogen-bond acceptors (Lipinski definition) is 2. The molecule has 18 heavy (non-hydrogen) atoms. The maximum Gasteiger partial charge on any atom is 0.0761 e. The number of nitriles is 1. The molecule has 2 aliphatic rings. The zero-order valence-corrected chi connectivity index (χ0v) is 12.1. The van der Waals surface area contributed by atoms with Crippen LogP contribution in [0.4, 0.5) is 0 Å². The predicted molar refractivity (Wildman–Crippen MR) is 73.0 cm³/mol. The van der Waals surface area contributed by atoms with Gasteiger partial charge in [-0.05, 0) is 55.8 Å². The van der Waals surface area contributed by atoms with Gasteiger partial charge in [0.25, 0.3) is 0 Å². The molecule has 0 aromatic carbocycles. The molecule has 0 bridgehead atoms. The Labute approximate surface area is 112 Å². The molecule has 1 aliphatic heterocycles. The van der Waals surface area contributed by atoms with Crippen molar-refractivity contribution in [2.75, 3.05) is 6.61 Å². The minimum Gasteiger partial charge on any atom is -0.377 e. The normalized spacial score (nSPS) is 38.1. The van der Waals surface area contributed by atoms with E-state index in [0.29, 0.717) is 11.3 Å². The van der Waals surface area contributed by atoms with Gasteiger partial charge in [-0.1, -0.05) is 20.8 Å². The van der Waals surface area contributed by atoms with E-state index in [2.05, 4.69) is 26.8 Å². The molecule has 2 fully saturated rings. The van der Waals surface area contributed by atoms with Gasteiger partial charge in [0.15, 0.2) is 0 Å². The number of rotatable bonds is 1. The van der Waals surface area contributed by atoms with Gasteiger partial charge in [0.2, 0.25) is 0 Å². The molecule has 0 aromatic heterocycles. The Bertz CT molecular complexity index is 304. The lowest BCUT2D eigenvalue weighted by atomic mass is 9.67. The molecular weight excluding hydrogens is 222 g/mol. The third kappa shape index (κ3) is 3.06. The van der Waals surface area contributed by atoms with E-state index in [-0.39, 0.29) is 12.0 Å². The van der Waals surface area contributed by atoms with Gasteiger partial charge in [-0.25, -0.2) is 0 Å². The summed E-state index contributed by atoms with van der Waals surface area (Å²) in [6, 6.07) is 2.47. The summed E-state index contributed by atoms with van der Waals surface area (Å²) in [5.74, 6) is 1.63. The van der Waals surface area contributed by atoms with Gasteiger partial charge >= 0.3 is 0 Å². The molecule has 0 amide bonds. The summed E-state index contributed by atoms with van der Waals surface area (Å²) < 4.78 is 5.92. The zero-order chi connectivity index (χ0) is 13.2. The van der Waals surface area contributed by atoms with E-state index in [1.807, 2.05) is 0 Å². The zero-order valence-electron chi connectivity index (χ0n) is 12.1. The van der Waals surface area contributed by atoms with E-state index < -0.39 is 0 Å². The molecule has 0 spiro atoms. The Kier molecular flexibility index (Phi) is 4.33. The average molecular weight is 249 g/mol. The minimum absolute atomic E-state index is 0.148. The molecule has 102 valence electrons. The molecule has 2 heteroatoms. The maximum absolute atomic E-state index is 9.24. The fraction of sp³-hybridized carbons (Fsp3) is 0.938. The molecule has 2 rings (SSSR count). The number of nitrogens with zero attached hydrogens (tertiary/aromatic N) is 1. The van der Waals surface area contributed by atoms with Crippen LogP contribution < -0.4 is 0 Å². The molecular formula is C16H27NO. The Morgan fingerprint density at radius 3 is 2.28 bits per heavy atom. The van der Waals surface area contributed by atoms with Gasteiger partial charge in [-0.2, -0.15) is 5.26 Å². The quantitative estimate of drug-likeness (QED) is 0.699. The molecule has 1 aliphatic carbocycles. The van der Waals surface area contributed by atoms with Gasteiger partial charge in [0.1, 0.15) is 0 Å².